The van der Waals surface area contributed by atoms with Crippen LogP contribution in [-0.4, -0.2) is 32.7 Å². The molecule has 2 aliphatic heterocycles. The minimum absolute atomic E-state index is 0.0175. The Morgan fingerprint density at radius 1 is 1.03 bits per heavy atom. The van der Waals surface area contributed by atoms with E-state index in [1.807, 2.05) is 0 Å². The van der Waals surface area contributed by atoms with E-state index in [-0.39, 0.29) is 40.9 Å². The van der Waals surface area contributed by atoms with Crippen molar-refractivity contribution in [2.45, 2.75) is 6.54 Å². The van der Waals surface area contributed by atoms with E-state index in [4.69, 9.17) is 9.47 Å². The molecule has 2 amide bonds. The topological polar surface area (TPSA) is 142 Å². The third-order valence-electron chi connectivity index (χ3n) is 4.37. The van der Waals surface area contributed by atoms with Crippen LogP contribution >= 0.6 is 11.8 Å². The third-order valence-corrected chi connectivity index (χ3v) is 5.27. The van der Waals surface area contributed by atoms with Crippen LogP contribution in [0.1, 0.15) is 11.1 Å². The second kappa shape index (κ2) is 7.48. The summed E-state index contributed by atoms with van der Waals surface area (Å²) in [5.74, 6) is -0.0857. The molecule has 12 heteroatoms. The normalized spacial score (nSPS) is 16.4. The van der Waals surface area contributed by atoms with Crippen LogP contribution in [0.4, 0.5) is 16.2 Å². The van der Waals surface area contributed by atoms with E-state index in [1.165, 1.54) is 42.5 Å². The molecule has 2 aromatic rings. The number of nitrogens with zero attached hydrogens (tertiary/aromatic N) is 3. The number of nitro groups is 2. The summed E-state index contributed by atoms with van der Waals surface area (Å²) < 4.78 is 10.4. The molecule has 0 atom stereocenters. The van der Waals surface area contributed by atoms with Crippen LogP contribution < -0.4 is 9.47 Å². The quantitative estimate of drug-likeness (QED) is 0.396. The predicted octanol–water partition coefficient (Wildman–Crippen LogP) is 3.47. The van der Waals surface area contributed by atoms with Crippen molar-refractivity contribution in [1.29, 1.82) is 0 Å². The molecule has 0 spiro atoms. The van der Waals surface area contributed by atoms with E-state index in [1.54, 1.807) is 0 Å². The molecule has 0 N–H and O–H groups in total. The average molecular weight is 429 g/mol. The first-order valence-corrected chi connectivity index (χ1v) is 9.22. The number of carbonyl (C=O) groups excluding carboxylic acids is 2. The summed E-state index contributed by atoms with van der Waals surface area (Å²) in [6.45, 7) is -0.148. The highest BCUT2D eigenvalue weighted by Crippen LogP contribution is 2.41. The number of rotatable bonds is 5. The van der Waals surface area contributed by atoms with Crippen molar-refractivity contribution in [2.24, 2.45) is 0 Å². The lowest BCUT2D eigenvalue weighted by Gasteiger charge is -2.12. The summed E-state index contributed by atoms with van der Waals surface area (Å²) in [6, 6.07) is 8.04. The van der Waals surface area contributed by atoms with Crippen LogP contribution in [0.2, 0.25) is 0 Å². The van der Waals surface area contributed by atoms with Gasteiger partial charge in [0.2, 0.25) is 6.79 Å². The molecule has 0 saturated carbocycles. The van der Waals surface area contributed by atoms with Crippen molar-refractivity contribution >= 4 is 40.4 Å². The van der Waals surface area contributed by atoms with Crippen LogP contribution in [0.15, 0.2) is 41.3 Å². The van der Waals surface area contributed by atoms with Crippen LogP contribution in [0.3, 0.4) is 0 Å². The minimum atomic E-state index is -0.616. The van der Waals surface area contributed by atoms with Crippen molar-refractivity contribution in [1.82, 2.24) is 4.90 Å². The number of nitro benzene ring substituents is 2. The SMILES string of the molecule is O=C1S/C(=C\c2cc3c(cc2[N+](=O)[O-])OCO3)C(=O)N1Cc1ccc([N+](=O)[O-])cc1. The molecule has 30 heavy (non-hydrogen) atoms. The van der Waals surface area contributed by atoms with E-state index >= 15 is 0 Å². The molecule has 2 heterocycles. The molecule has 0 radical (unpaired) electrons. The Labute approximate surface area is 172 Å². The number of carbonyl (C=O) groups is 2. The molecule has 11 nitrogen and oxygen atoms in total. The lowest BCUT2D eigenvalue weighted by Crippen LogP contribution is -2.27. The summed E-state index contributed by atoms with van der Waals surface area (Å²) in [5, 5.41) is 21.6. The monoisotopic (exact) mass is 429 g/mol. The van der Waals surface area contributed by atoms with Crippen molar-refractivity contribution in [3.05, 3.63) is 72.7 Å². The zero-order valence-electron chi connectivity index (χ0n) is 15.0. The van der Waals surface area contributed by atoms with Crippen LogP contribution in [0.25, 0.3) is 6.08 Å². The smallest absolute Gasteiger partial charge is 0.293 e. The van der Waals surface area contributed by atoms with E-state index < -0.39 is 21.0 Å². The molecule has 1 fully saturated rings. The molecule has 4 rings (SSSR count). The van der Waals surface area contributed by atoms with Gasteiger partial charge in [-0.1, -0.05) is 12.1 Å². The molecule has 0 aromatic heterocycles. The van der Waals surface area contributed by atoms with Crippen molar-refractivity contribution in [2.75, 3.05) is 6.79 Å². The fourth-order valence-corrected chi connectivity index (χ4v) is 3.73. The average Bonchev–Trinajstić information content (AvgIpc) is 3.27. The Hall–Kier alpha value is -3.93. The molecule has 152 valence electrons. The van der Waals surface area contributed by atoms with E-state index in [0.29, 0.717) is 23.1 Å². The third kappa shape index (κ3) is 3.55. The Balaban J connectivity index is 1.60. The fourth-order valence-electron chi connectivity index (χ4n) is 2.90. The number of fused-ring (bicyclic) bond motifs is 1. The maximum absolute atomic E-state index is 12.7. The van der Waals surface area contributed by atoms with Gasteiger partial charge in [-0.2, -0.15) is 0 Å². The number of benzene rings is 2. The molecular formula is C18H11N3O8S. The second-order valence-corrected chi connectivity index (χ2v) is 7.21. The molecule has 0 bridgehead atoms. The number of thioether (sulfide) groups is 1. The van der Waals surface area contributed by atoms with Crippen LogP contribution in [-0.2, 0) is 11.3 Å². The molecule has 0 unspecified atom stereocenters. The Morgan fingerprint density at radius 2 is 1.70 bits per heavy atom. The number of amides is 2. The zero-order valence-corrected chi connectivity index (χ0v) is 15.8. The standard InChI is InChI=1S/C18H11N3O8S/c22-17-16(6-11-5-14-15(29-9-28-14)7-13(11)21(26)27)30-18(23)19(17)8-10-1-3-12(4-2-10)20(24)25/h1-7H,8-9H2/b16-6-. The summed E-state index contributed by atoms with van der Waals surface area (Å²) in [4.78, 5) is 46.9. The van der Waals surface area contributed by atoms with Gasteiger partial charge in [-0.05, 0) is 29.5 Å². The Morgan fingerprint density at radius 3 is 2.33 bits per heavy atom. The summed E-state index contributed by atoms with van der Waals surface area (Å²) in [7, 11) is 0. The first kappa shape index (κ1) is 19.4. The maximum atomic E-state index is 12.7. The van der Waals surface area contributed by atoms with Crippen molar-refractivity contribution in [3.63, 3.8) is 0 Å². The van der Waals surface area contributed by atoms with Gasteiger partial charge in [-0.15, -0.1) is 0 Å². The van der Waals surface area contributed by atoms with Gasteiger partial charge in [0.15, 0.2) is 11.5 Å². The van der Waals surface area contributed by atoms with Gasteiger partial charge >= 0.3 is 0 Å². The molecule has 2 aliphatic rings. The van der Waals surface area contributed by atoms with Crippen molar-refractivity contribution in [3.8, 4) is 11.5 Å². The van der Waals surface area contributed by atoms with Gasteiger partial charge in [-0.25, -0.2) is 0 Å². The minimum Gasteiger partial charge on any atom is -0.454 e. The van der Waals surface area contributed by atoms with Gasteiger partial charge < -0.3 is 9.47 Å². The Kier molecular flexibility index (Phi) is 4.83. The largest absolute Gasteiger partial charge is 0.454 e. The molecule has 1 saturated heterocycles. The summed E-state index contributed by atoms with van der Waals surface area (Å²) in [5.41, 5.74) is 0.229. The highest BCUT2D eigenvalue weighted by atomic mass is 32.2. The lowest BCUT2D eigenvalue weighted by molar-refractivity contribution is -0.385. The van der Waals surface area contributed by atoms with E-state index in [2.05, 4.69) is 0 Å². The second-order valence-electron chi connectivity index (χ2n) is 6.21. The van der Waals surface area contributed by atoms with Gasteiger partial charge in [0.05, 0.1) is 32.9 Å². The lowest BCUT2D eigenvalue weighted by atomic mass is 10.1. The zero-order chi connectivity index (χ0) is 21.4. The molecule has 0 aliphatic carbocycles. The first-order chi connectivity index (χ1) is 14.3. The number of hydrogen-bond acceptors (Lipinski definition) is 9. The number of imide groups is 1. The summed E-state index contributed by atoms with van der Waals surface area (Å²) >= 11 is 0.653. The van der Waals surface area contributed by atoms with Crippen LogP contribution in [0.5, 0.6) is 11.5 Å². The molecular weight excluding hydrogens is 418 g/mol. The van der Waals surface area contributed by atoms with Gasteiger partial charge in [0.25, 0.3) is 22.5 Å². The van der Waals surface area contributed by atoms with Gasteiger partial charge in [-0.3, -0.25) is 34.7 Å². The fraction of sp³-hybridized carbons (Fsp3) is 0.111. The van der Waals surface area contributed by atoms with E-state index in [9.17, 15) is 29.8 Å². The number of hydrogen-bond donors (Lipinski definition) is 0. The first-order valence-electron chi connectivity index (χ1n) is 8.40. The van der Waals surface area contributed by atoms with Crippen LogP contribution in [0, 0.1) is 20.2 Å². The van der Waals surface area contributed by atoms with E-state index in [0.717, 1.165) is 4.90 Å². The van der Waals surface area contributed by atoms with Gasteiger partial charge in [0.1, 0.15) is 0 Å². The molecule has 2 aromatic carbocycles. The van der Waals surface area contributed by atoms with Crippen molar-refractivity contribution < 1.29 is 28.9 Å². The highest BCUT2D eigenvalue weighted by Gasteiger charge is 2.36. The van der Waals surface area contributed by atoms with Gasteiger partial charge in [0, 0.05) is 12.1 Å². The highest BCUT2D eigenvalue weighted by molar-refractivity contribution is 8.18. The Bertz CT molecular complexity index is 1130. The number of non-ortho nitro benzene ring substituents is 1. The maximum Gasteiger partial charge on any atom is 0.293 e. The summed E-state index contributed by atoms with van der Waals surface area (Å²) in [6.07, 6.45) is 1.26. The predicted molar refractivity (Wildman–Crippen MR) is 104 cm³/mol. The number of ether oxygens (including phenoxy) is 2.